The molecule has 0 spiro atoms. The molecule has 5 heteroatoms. The van der Waals surface area contributed by atoms with E-state index in [2.05, 4.69) is 0 Å². The molecule has 20 heavy (non-hydrogen) atoms. The molecule has 1 atom stereocenters. The van der Waals surface area contributed by atoms with E-state index in [1.165, 1.54) is 12.1 Å². The third-order valence-electron chi connectivity index (χ3n) is 3.06. The van der Waals surface area contributed by atoms with Crippen molar-refractivity contribution in [1.29, 1.82) is 0 Å². The molecule has 0 fully saturated rings. The highest BCUT2D eigenvalue weighted by Crippen LogP contribution is 2.10. The molecule has 0 bridgehead atoms. The third kappa shape index (κ3) is 3.24. The Hall–Kier alpha value is -2.14. The first-order valence-electron chi connectivity index (χ1n) is 6.40. The molecule has 0 radical (unpaired) electrons. The van der Waals surface area contributed by atoms with Crippen LogP contribution in [0.5, 0.6) is 5.75 Å². The molecule has 4 nitrogen and oxygen atoms in total. The van der Waals surface area contributed by atoms with Crippen molar-refractivity contribution < 1.29 is 9.13 Å². The van der Waals surface area contributed by atoms with Crippen LogP contribution in [0, 0.1) is 5.82 Å². The average Bonchev–Trinajstić information content (AvgIpc) is 2.47. The minimum absolute atomic E-state index is 0.0862. The van der Waals surface area contributed by atoms with E-state index >= 15 is 0 Å². The first-order valence-corrected chi connectivity index (χ1v) is 6.40. The standard InChI is InChI=1S/C15H17FN2O2/c1-11(9-17)18-8-2-3-14(15(18)19)20-10-12-4-6-13(16)7-5-12/h2-8,11H,9-10,17H2,1H3. The minimum atomic E-state index is -0.299. The van der Waals surface area contributed by atoms with E-state index in [1.54, 1.807) is 35.0 Å². The highest BCUT2D eigenvalue weighted by molar-refractivity contribution is 5.20. The van der Waals surface area contributed by atoms with Gasteiger partial charge < -0.3 is 15.0 Å². The zero-order valence-electron chi connectivity index (χ0n) is 11.3. The van der Waals surface area contributed by atoms with Gasteiger partial charge in [0.15, 0.2) is 5.75 Å². The maximum absolute atomic E-state index is 12.8. The number of halogens is 1. The molecular formula is C15H17FN2O2. The maximum atomic E-state index is 12.8. The van der Waals surface area contributed by atoms with Gasteiger partial charge >= 0.3 is 0 Å². The topological polar surface area (TPSA) is 57.2 Å². The van der Waals surface area contributed by atoms with Crippen LogP contribution in [0.4, 0.5) is 4.39 Å². The molecule has 1 aromatic heterocycles. The average molecular weight is 276 g/mol. The van der Waals surface area contributed by atoms with Crippen LogP contribution in [-0.4, -0.2) is 11.1 Å². The molecule has 1 heterocycles. The van der Waals surface area contributed by atoms with E-state index in [4.69, 9.17) is 10.5 Å². The number of nitrogens with zero attached hydrogens (tertiary/aromatic N) is 1. The largest absolute Gasteiger partial charge is 0.483 e. The number of benzene rings is 1. The minimum Gasteiger partial charge on any atom is -0.483 e. The second-order valence-corrected chi connectivity index (χ2v) is 4.58. The summed E-state index contributed by atoms with van der Waals surface area (Å²) in [6.07, 6.45) is 1.69. The summed E-state index contributed by atoms with van der Waals surface area (Å²) in [5.74, 6) is -0.0373. The lowest BCUT2D eigenvalue weighted by atomic mass is 10.2. The van der Waals surface area contributed by atoms with Gasteiger partial charge in [-0.25, -0.2) is 4.39 Å². The summed E-state index contributed by atoms with van der Waals surface area (Å²) in [6, 6.07) is 9.24. The SMILES string of the molecule is CC(CN)n1cccc(OCc2ccc(F)cc2)c1=O. The van der Waals surface area contributed by atoms with Crippen molar-refractivity contribution in [2.45, 2.75) is 19.6 Å². The molecule has 0 saturated heterocycles. The highest BCUT2D eigenvalue weighted by atomic mass is 19.1. The van der Waals surface area contributed by atoms with Crippen LogP contribution in [0.1, 0.15) is 18.5 Å². The zero-order chi connectivity index (χ0) is 14.5. The molecule has 2 rings (SSSR count). The van der Waals surface area contributed by atoms with E-state index in [0.29, 0.717) is 6.54 Å². The van der Waals surface area contributed by atoms with Crippen molar-refractivity contribution in [2.24, 2.45) is 5.73 Å². The fraction of sp³-hybridized carbons (Fsp3) is 0.267. The Kier molecular flexibility index (Phi) is 4.53. The van der Waals surface area contributed by atoms with E-state index in [0.717, 1.165) is 5.56 Å². The van der Waals surface area contributed by atoms with Crippen molar-refractivity contribution in [3.63, 3.8) is 0 Å². The summed E-state index contributed by atoms with van der Waals surface area (Å²) in [7, 11) is 0. The van der Waals surface area contributed by atoms with Crippen molar-refractivity contribution in [1.82, 2.24) is 4.57 Å². The van der Waals surface area contributed by atoms with Crippen LogP contribution in [0.3, 0.4) is 0 Å². The number of ether oxygens (including phenoxy) is 1. The number of pyridine rings is 1. The van der Waals surface area contributed by atoms with Crippen LogP contribution in [0.2, 0.25) is 0 Å². The Labute approximate surface area is 116 Å². The predicted octanol–water partition coefficient (Wildman–Crippen LogP) is 2.09. The molecule has 2 aromatic rings. The van der Waals surface area contributed by atoms with E-state index in [9.17, 15) is 9.18 Å². The van der Waals surface area contributed by atoms with Crippen molar-refractivity contribution in [3.05, 3.63) is 64.3 Å². The molecule has 0 amide bonds. The molecule has 1 unspecified atom stereocenters. The van der Waals surface area contributed by atoms with Gasteiger partial charge in [0.2, 0.25) is 0 Å². The molecule has 1 aromatic carbocycles. The molecular weight excluding hydrogens is 259 g/mol. The fourth-order valence-electron chi connectivity index (χ4n) is 1.80. The zero-order valence-corrected chi connectivity index (χ0v) is 11.3. The Bertz CT molecular complexity index is 623. The van der Waals surface area contributed by atoms with E-state index in [-0.39, 0.29) is 29.8 Å². The van der Waals surface area contributed by atoms with Gasteiger partial charge in [0, 0.05) is 18.8 Å². The van der Waals surface area contributed by atoms with Gasteiger partial charge in [-0.2, -0.15) is 0 Å². The summed E-state index contributed by atoms with van der Waals surface area (Å²) in [5.41, 5.74) is 6.15. The van der Waals surface area contributed by atoms with Gasteiger partial charge in [-0.05, 0) is 36.8 Å². The van der Waals surface area contributed by atoms with Crippen LogP contribution < -0.4 is 16.0 Å². The van der Waals surface area contributed by atoms with Crippen LogP contribution in [0.15, 0.2) is 47.4 Å². The van der Waals surface area contributed by atoms with Gasteiger partial charge in [-0.3, -0.25) is 4.79 Å². The van der Waals surface area contributed by atoms with Crippen molar-refractivity contribution >= 4 is 0 Å². The van der Waals surface area contributed by atoms with Crippen molar-refractivity contribution in [3.8, 4) is 5.75 Å². The lowest BCUT2D eigenvalue weighted by Crippen LogP contribution is -2.28. The Morgan fingerprint density at radius 1 is 1.30 bits per heavy atom. The summed E-state index contributed by atoms with van der Waals surface area (Å²) >= 11 is 0. The molecule has 2 N–H and O–H groups in total. The van der Waals surface area contributed by atoms with Crippen LogP contribution >= 0.6 is 0 Å². The number of nitrogens with two attached hydrogens (primary N) is 1. The van der Waals surface area contributed by atoms with Crippen molar-refractivity contribution in [2.75, 3.05) is 6.54 Å². The van der Waals surface area contributed by atoms with Crippen LogP contribution in [-0.2, 0) is 6.61 Å². The second kappa shape index (κ2) is 6.34. The summed E-state index contributed by atoms with van der Waals surface area (Å²) < 4.78 is 19.8. The quantitative estimate of drug-likeness (QED) is 0.909. The van der Waals surface area contributed by atoms with Gasteiger partial charge in [-0.1, -0.05) is 12.1 Å². The number of hydrogen-bond donors (Lipinski definition) is 1. The second-order valence-electron chi connectivity index (χ2n) is 4.58. The lowest BCUT2D eigenvalue weighted by Gasteiger charge is -2.14. The van der Waals surface area contributed by atoms with Crippen LogP contribution in [0.25, 0.3) is 0 Å². The smallest absolute Gasteiger partial charge is 0.293 e. The third-order valence-corrected chi connectivity index (χ3v) is 3.06. The van der Waals surface area contributed by atoms with E-state index in [1.807, 2.05) is 6.92 Å². The predicted molar refractivity (Wildman–Crippen MR) is 75.2 cm³/mol. The first kappa shape index (κ1) is 14.3. The van der Waals surface area contributed by atoms with E-state index < -0.39 is 0 Å². The first-order chi connectivity index (χ1) is 9.61. The Morgan fingerprint density at radius 3 is 2.65 bits per heavy atom. The van der Waals surface area contributed by atoms with Gasteiger partial charge in [0.05, 0.1) is 0 Å². The fourth-order valence-corrected chi connectivity index (χ4v) is 1.80. The molecule has 106 valence electrons. The molecule has 0 aliphatic rings. The highest BCUT2D eigenvalue weighted by Gasteiger charge is 2.08. The molecule has 0 aliphatic carbocycles. The molecule has 0 aliphatic heterocycles. The summed E-state index contributed by atoms with van der Waals surface area (Å²) in [4.78, 5) is 12.2. The number of rotatable bonds is 5. The maximum Gasteiger partial charge on any atom is 0.293 e. The Morgan fingerprint density at radius 2 is 2.00 bits per heavy atom. The number of aromatic nitrogens is 1. The van der Waals surface area contributed by atoms with Gasteiger partial charge in [0.1, 0.15) is 12.4 Å². The summed E-state index contributed by atoms with van der Waals surface area (Å²) in [5, 5.41) is 0. The van der Waals surface area contributed by atoms with Gasteiger partial charge in [-0.15, -0.1) is 0 Å². The normalized spacial score (nSPS) is 12.2. The molecule has 0 saturated carbocycles. The lowest BCUT2D eigenvalue weighted by molar-refractivity contribution is 0.297. The Balaban J connectivity index is 2.14. The monoisotopic (exact) mass is 276 g/mol. The summed E-state index contributed by atoms with van der Waals surface area (Å²) in [6.45, 7) is 2.46. The van der Waals surface area contributed by atoms with Gasteiger partial charge in [0.25, 0.3) is 5.56 Å². The number of hydrogen-bond acceptors (Lipinski definition) is 3.